The zero-order valence-corrected chi connectivity index (χ0v) is 13.7. The van der Waals surface area contributed by atoms with Crippen LogP contribution < -0.4 is 5.73 Å². The first-order valence-corrected chi connectivity index (χ1v) is 8.70. The fourth-order valence-electron chi connectivity index (χ4n) is 4.02. The summed E-state index contributed by atoms with van der Waals surface area (Å²) in [7, 11) is 0. The van der Waals surface area contributed by atoms with Gasteiger partial charge >= 0.3 is 0 Å². The Labute approximate surface area is 140 Å². The number of rotatable bonds is 5. The molecule has 1 unspecified atom stereocenters. The van der Waals surface area contributed by atoms with Crippen molar-refractivity contribution in [1.82, 2.24) is 19.9 Å². The molecule has 1 spiro atoms. The molecule has 3 fully saturated rings. The zero-order valence-electron chi connectivity index (χ0n) is 13.7. The fourth-order valence-corrected chi connectivity index (χ4v) is 4.02. The first kappa shape index (κ1) is 15.6. The number of carbonyl (C=O) groups excluding carboxylic acids is 2. The molecule has 2 amide bonds. The van der Waals surface area contributed by atoms with Gasteiger partial charge in [0.2, 0.25) is 11.8 Å². The minimum Gasteiger partial charge on any atom is -0.363 e. The molecule has 1 aromatic heterocycles. The molecular weight excluding hydrogens is 310 g/mol. The van der Waals surface area contributed by atoms with Gasteiger partial charge in [0.15, 0.2) is 0 Å². The van der Waals surface area contributed by atoms with Crippen molar-refractivity contribution in [1.29, 1.82) is 0 Å². The Morgan fingerprint density at radius 3 is 2.88 bits per heavy atom. The summed E-state index contributed by atoms with van der Waals surface area (Å²) >= 11 is 0. The van der Waals surface area contributed by atoms with Crippen LogP contribution in [0.5, 0.6) is 0 Å². The van der Waals surface area contributed by atoms with Gasteiger partial charge < -0.3 is 15.2 Å². The Balaban J connectivity index is 1.40. The molecule has 2 saturated heterocycles. The molecule has 8 heteroatoms. The van der Waals surface area contributed by atoms with Gasteiger partial charge in [0, 0.05) is 19.6 Å². The van der Waals surface area contributed by atoms with Crippen LogP contribution in [-0.4, -0.2) is 57.9 Å². The van der Waals surface area contributed by atoms with Gasteiger partial charge in [-0.2, -0.15) is 4.98 Å². The Hall–Kier alpha value is -1.96. The summed E-state index contributed by atoms with van der Waals surface area (Å²) in [6, 6.07) is 0. The Morgan fingerprint density at radius 1 is 1.33 bits per heavy atom. The molecular formula is C16H23N5O3. The molecule has 3 aliphatic rings. The van der Waals surface area contributed by atoms with Gasteiger partial charge in [0.1, 0.15) is 0 Å². The molecule has 130 valence electrons. The van der Waals surface area contributed by atoms with E-state index in [0.29, 0.717) is 18.3 Å². The highest BCUT2D eigenvalue weighted by molar-refractivity contribution is 5.88. The lowest BCUT2D eigenvalue weighted by atomic mass is 9.78. The lowest BCUT2D eigenvalue weighted by molar-refractivity contribution is -0.146. The van der Waals surface area contributed by atoms with Gasteiger partial charge in [0.25, 0.3) is 11.7 Å². The van der Waals surface area contributed by atoms with Crippen LogP contribution >= 0.6 is 0 Å². The van der Waals surface area contributed by atoms with Crippen LogP contribution in [0.25, 0.3) is 0 Å². The van der Waals surface area contributed by atoms with Crippen molar-refractivity contribution in [3.63, 3.8) is 0 Å². The molecule has 1 aromatic rings. The minimum absolute atomic E-state index is 0.0942. The van der Waals surface area contributed by atoms with Gasteiger partial charge in [-0.1, -0.05) is 5.16 Å². The van der Waals surface area contributed by atoms with Gasteiger partial charge in [-0.05, 0) is 44.6 Å². The maximum Gasteiger partial charge on any atom is 0.290 e. The first-order chi connectivity index (χ1) is 11.6. The molecule has 0 bridgehead atoms. The van der Waals surface area contributed by atoms with Crippen LogP contribution in [-0.2, 0) is 11.3 Å². The van der Waals surface area contributed by atoms with Crippen molar-refractivity contribution in [3.05, 3.63) is 11.7 Å². The smallest absolute Gasteiger partial charge is 0.290 e. The summed E-state index contributed by atoms with van der Waals surface area (Å²) in [6.45, 7) is 3.85. The van der Waals surface area contributed by atoms with Crippen LogP contribution in [0, 0.1) is 11.3 Å². The third-order valence-corrected chi connectivity index (χ3v) is 5.48. The lowest BCUT2D eigenvalue weighted by Gasteiger charge is -2.39. The van der Waals surface area contributed by atoms with Gasteiger partial charge in [0.05, 0.1) is 12.0 Å². The lowest BCUT2D eigenvalue weighted by Crippen LogP contribution is -2.50. The molecule has 0 radical (unpaired) electrons. The van der Waals surface area contributed by atoms with E-state index in [1.807, 2.05) is 0 Å². The Bertz CT molecular complexity index is 656. The highest BCUT2D eigenvalue weighted by atomic mass is 16.5. The maximum atomic E-state index is 13.0. The predicted octanol–water partition coefficient (Wildman–Crippen LogP) is 0.393. The van der Waals surface area contributed by atoms with E-state index in [1.165, 1.54) is 12.8 Å². The second-order valence-electron chi connectivity index (χ2n) is 7.42. The predicted molar refractivity (Wildman–Crippen MR) is 83.7 cm³/mol. The van der Waals surface area contributed by atoms with E-state index in [2.05, 4.69) is 19.9 Å². The summed E-state index contributed by atoms with van der Waals surface area (Å²) < 4.78 is 5.07. The van der Waals surface area contributed by atoms with Crippen LogP contribution in [0.15, 0.2) is 4.52 Å². The standard InChI is InChI=1S/C16H23N5O3/c17-13(22)14-18-12(24-19-14)9-20-7-5-16(10-20)4-1-6-21(15(16)23)8-11-2-3-11/h11H,1-10H2,(H2,17,22). The number of likely N-dealkylation sites (tertiary alicyclic amines) is 2. The molecule has 4 rings (SSSR count). The van der Waals surface area contributed by atoms with E-state index in [-0.39, 0.29) is 11.2 Å². The average Bonchev–Trinajstić information content (AvgIpc) is 3.08. The zero-order chi connectivity index (χ0) is 16.7. The monoisotopic (exact) mass is 333 g/mol. The van der Waals surface area contributed by atoms with Crippen molar-refractivity contribution in [2.75, 3.05) is 26.2 Å². The molecule has 2 aliphatic heterocycles. The quantitative estimate of drug-likeness (QED) is 0.836. The van der Waals surface area contributed by atoms with E-state index >= 15 is 0 Å². The van der Waals surface area contributed by atoms with Crippen molar-refractivity contribution in [3.8, 4) is 0 Å². The van der Waals surface area contributed by atoms with Crippen LogP contribution in [0.2, 0.25) is 0 Å². The summed E-state index contributed by atoms with van der Waals surface area (Å²) in [6.07, 6.45) is 5.45. The summed E-state index contributed by atoms with van der Waals surface area (Å²) in [4.78, 5) is 32.3. The summed E-state index contributed by atoms with van der Waals surface area (Å²) in [5.41, 5.74) is 4.89. The van der Waals surface area contributed by atoms with E-state index in [9.17, 15) is 9.59 Å². The van der Waals surface area contributed by atoms with E-state index in [4.69, 9.17) is 10.3 Å². The Kier molecular flexibility index (Phi) is 3.79. The number of aromatic nitrogens is 2. The normalized spacial score (nSPS) is 28.0. The fraction of sp³-hybridized carbons (Fsp3) is 0.750. The molecule has 0 aromatic carbocycles. The third kappa shape index (κ3) is 2.90. The number of hydrogen-bond donors (Lipinski definition) is 1. The molecule has 3 heterocycles. The molecule has 2 N–H and O–H groups in total. The molecule has 1 atom stereocenters. The minimum atomic E-state index is -0.693. The molecule has 1 aliphatic carbocycles. The van der Waals surface area contributed by atoms with Crippen LogP contribution in [0.3, 0.4) is 0 Å². The highest BCUT2D eigenvalue weighted by Gasteiger charge is 2.49. The second kappa shape index (κ2) is 5.84. The van der Waals surface area contributed by atoms with Gasteiger partial charge in [-0.15, -0.1) is 0 Å². The van der Waals surface area contributed by atoms with Gasteiger partial charge in [-0.3, -0.25) is 14.5 Å². The number of primary amides is 1. The second-order valence-corrected chi connectivity index (χ2v) is 7.42. The highest BCUT2D eigenvalue weighted by Crippen LogP contribution is 2.42. The number of nitrogens with two attached hydrogens (primary N) is 1. The van der Waals surface area contributed by atoms with E-state index in [1.54, 1.807) is 0 Å². The summed E-state index contributed by atoms with van der Waals surface area (Å²) in [5.74, 6) is 0.641. The van der Waals surface area contributed by atoms with E-state index < -0.39 is 5.91 Å². The third-order valence-electron chi connectivity index (χ3n) is 5.48. The van der Waals surface area contributed by atoms with Gasteiger partial charge in [-0.25, -0.2) is 0 Å². The molecule has 8 nitrogen and oxygen atoms in total. The maximum absolute atomic E-state index is 13.0. The molecule has 1 saturated carbocycles. The van der Waals surface area contributed by atoms with Crippen molar-refractivity contribution >= 4 is 11.8 Å². The van der Waals surface area contributed by atoms with Crippen molar-refractivity contribution in [2.45, 2.75) is 38.6 Å². The van der Waals surface area contributed by atoms with Crippen LogP contribution in [0.4, 0.5) is 0 Å². The van der Waals surface area contributed by atoms with Crippen molar-refractivity contribution < 1.29 is 14.1 Å². The Morgan fingerprint density at radius 2 is 2.17 bits per heavy atom. The topological polar surface area (TPSA) is 106 Å². The SMILES string of the molecule is NC(=O)c1noc(CN2CCC3(CCCN(CC4CC4)C3=O)C2)n1. The first-order valence-electron chi connectivity index (χ1n) is 8.70. The number of amides is 2. The largest absolute Gasteiger partial charge is 0.363 e. The number of carbonyl (C=O) groups is 2. The van der Waals surface area contributed by atoms with Crippen molar-refractivity contribution in [2.24, 2.45) is 17.1 Å². The van der Waals surface area contributed by atoms with E-state index in [0.717, 1.165) is 51.4 Å². The average molecular weight is 333 g/mol. The summed E-state index contributed by atoms with van der Waals surface area (Å²) in [5, 5.41) is 3.57. The number of hydrogen-bond acceptors (Lipinski definition) is 6. The molecule has 24 heavy (non-hydrogen) atoms. The number of piperidine rings is 1. The van der Waals surface area contributed by atoms with Crippen LogP contribution in [0.1, 0.15) is 48.6 Å². The number of nitrogens with zero attached hydrogens (tertiary/aromatic N) is 4.